The molecule has 0 aliphatic heterocycles. The predicted molar refractivity (Wildman–Crippen MR) is 145 cm³/mol. The fraction of sp³-hybridized carbons (Fsp3) is 0.182. The molecule has 0 fully saturated rings. The minimum atomic E-state index is -0.574. The highest BCUT2D eigenvalue weighted by Gasteiger charge is 2.17. The van der Waals surface area contributed by atoms with E-state index >= 15 is 0 Å². The van der Waals surface area contributed by atoms with Crippen LogP contribution in [-0.4, -0.2) is 5.97 Å². The Balaban J connectivity index is 1.42. The van der Waals surface area contributed by atoms with Crippen molar-refractivity contribution in [3.8, 4) is 16.9 Å². The molecule has 2 nitrogen and oxygen atoms in total. The molecule has 0 unspecified atom stereocenters. The topological polar surface area (TPSA) is 26.3 Å². The number of ether oxygens (including phenoxy) is 1. The summed E-state index contributed by atoms with van der Waals surface area (Å²) in [6.07, 6.45) is 6.29. The Bertz CT molecular complexity index is 1340. The fourth-order valence-corrected chi connectivity index (χ4v) is 4.28. The van der Waals surface area contributed by atoms with Gasteiger partial charge in [-0.25, -0.2) is 13.6 Å². The van der Waals surface area contributed by atoms with Crippen LogP contribution < -0.4 is 4.74 Å². The second-order valence-corrected chi connectivity index (χ2v) is 9.15. The van der Waals surface area contributed by atoms with Gasteiger partial charge in [0.2, 0.25) is 0 Å². The number of halogens is 2. The van der Waals surface area contributed by atoms with Gasteiger partial charge >= 0.3 is 5.97 Å². The Morgan fingerprint density at radius 3 is 2.14 bits per heavy atom. The van der Waals surface area contributed by atoms with E-state index in [4.69, 9.17) is 4.74 Å². The van der Waals surface area contributed by atoms with Gasteiger partial charge in [-0.3, -0.25) is 0 Å². The molecule has 37 heavy (non-hydrogen) atoms. The van der Waals surface area contributed by atoms with Crippen molar-refractivity contribution in [3.05, 3.63) is 137 Å². The van der Waals surface area contributed by atoms with Crippen LogP contribution in [-0.2, 0) is 12.8 Å². The molecule has 188 valence electrons. The molecule has 4 rings (SSSR count). The number of hydrogen-bond acceptors (Lipinski definition) is 2. The number of rotatable bonds is 9. The van der Waals surface area contributed by atoms with Gasteiger partial charge < -0.3 is 4.74 Å². The van der Waals surface area contributed by atoms with Crippen LogP contribution in [0.4, 0.5) is 8.78 Å². The van der Waals surface area contributed by atoms with Crippen molar-refractivity contribution in [2.45, 2.75) is 39.0 Å². The van der Waals surface area contributed by atoms with E-state index < -0.39 is 17.6 Å². The second-order valence-electron chi connectivity index (χ2n) is 9.15. The first kappa shape index (κ1) is 26.0. The van der Waals surface area contributed by atoms with E-state index in [-0.39, 0.29) is 17.9 Å². The summed E-state index contributed by atoms with van der Waals surface area (Å²) in [5, 5.41) is 0. The van der Waals surface area contributed by atoms with Gasteiger partial charge in [-0.2, -0.15) is 0 Å². The third-order valence-corrected chi connectivity index (χ3v) is 6.44. The van der Waals surface area contributed by atoms with E-state index in [0.717, 1.165) is 18.4 Å². The molecule has 4 aromatic rings. The van der Waals surface area contributed by atoms with Gasteiger partial charge in [-0.05, 0) is 90.8 Å². The number of allylic oxidation sites excluding steroid dienone is 2. The summed E-state index contributed by atoms with van der Waals surface area (Å²) in [7, 11) is 0. The third kappa shape index (κ3) is 6.79. The molecular weight excluding hydrogens is 466 g/mol. The van der Waals surface area contributed by atoms with Gasteiger partial charge in [-0.15, -0.1) is 0 Å². The van der Waals surface area contributed by atoms with E-state index in [1.165, 1.54) is 17.7 Å². The summed E-state index contributed by atoms with van der Waals surface area (Å²) >= 11 is 0. The summed E-state index contributed by atoms with van der Waals surface area (Å²) in [4.78, 5) is 12.6. The van der Waals surface area contributed by atoms with E-state index in [1.54, 1.807) is 36.4 Å². The molecule has 0 aromatic heterocycles. The fourth-order valence-electron chi connectivity index (χ4n) is 4.28. The molecule has 0 N–H and O–H groups in total. The number of carbonyl (C=O) groups is 1. The molecule has 1 atom stereocenters. The van der Waals surface area contributed by atoms with E-state index in [1.807, 2.05) is 62.4 Å². The Hall–Kier alpha value is -4.05. The van der Waals surface area contributed by atoms with E-state index in [2.05, 4.69) is 6.08 Å². The van der Waals surface area contributed by atoms with Gasteiger partial charge in [0.25, 0.3) is 0 Å². The molecule has 4 heteroatoms. The molecule has 0 aliphatic rings. The van der Waals surface area contributed by atoms with Crippen LogP contribution >= 0.6 is 0 Å². The van der Waals surface area contributed by atoms with Crippen LogP contribution in [0.2, 0.25) is 0 Å². The molecular formula is C33H30F2O2. The highest BCUT2D eigenvalue weighted by atomic mass is 19.1. The lowest BCUT2D eigenvalue weighted by Crippen LogP contribution is -2.08. The van der Waals surface area contributed by atoms with Crippen LogP contribution in [0.5, 0.6) is 5.75 Å². The molecule has 0 radical (unpaired) electrons. The first-order chi connectivity index (χ1) is 17.9. The number of benzene rings is 4. The van der Waals surface area contributed by atoms with Gasteiger partial charge in [-0.1, -0.05) is 73.7 Å². The minimum Gasteiger partial charge on any atom is -0.423 e. The average Bonchev–Trinajstić information content (AvgIpc) is 2.92. The molecule has 0 spiro atoms. The summed E-state index contributed by atoms with van der Waals surface area (Å²) in [6, 6.07) is 26.4. The lowest BCUT2D eigenvalue weighted by atomic mass is 9.92. The number of carbonyl (C=O) groups excluding carboxylic acids is 1. The summed E-state index contributed by atoms with van der Waals surface area (Å²) in [6.45, 7) is 3.95. The first-order valence-corrected chi connectivity index (χ1v) is 12.5. The number of aryl methyl sites for hydroxylation is 1. The van der Waals surface area contributed by atoms with Crippen LogP contribution in [0.25, 0.3) is 11.1 Å². The average molecular weight is 497 g/mol. The highest BCUT2D eigenvalue weighted by Crippen LogP contribution is 2.29. The SMILES string of the molecule is CC=CCCc1ccc(OC(=O)c2ccc(-c3cc(F)c(C[C@H](C)c4ccccc4)c(F)c3)cc2)cc1. The lowest BCUT2D eigenvalue weighted by molar-refractivity contribution is 0.0734. The zero-order valence-electron chi connectivity index (χ0n) is 21.1. The second kappa shape index (κ2) is 12.3. The van der Waals surface area contributed by atoms with Gasteiger partial charge in [0.15, 0.2) is 0 Å². The largest absolute Gasteiger partial charge is 0.423 e. The zero-order valence-corrected chi connectivity index (χ0v) is 21.1. The maximum atomic E-state index is 14.9. The van der Waals surface area contributed by atoms with Crippen LogP contribution in [0.3, 0.4) is 0 Å². The molecule has 0 heterocycles. The predicted octanol–water partition coefficient (Wildman–Crippen LogP) is 8.71. The van der Waals surface area contributed by atoms with Crippen molar-refractivity contribution in [1.82, 2.24) is 0 Å². The van der Waals surface area contributed by atoms with Gasteiger partial charge in [0.05, 0.1) is 5.56 Å². The van der Waals surface area contributed by atoms with E-state index in [0.29, 0.717) is 22.4 Å². The van der Waals surface area contributed by atoms with Crippen molar-refractivity contribution in [3.63, 3.8) is 0 Å². The quantitative estimate of drug-likeness (QED) is 0.132. The van der Waals surface area contributed by atoms with Crippen molar-refractivity contribution < 1.29 is 18.3 Å². The summed E-state index contributed by atoms with van der Waals surface area (Å²) in [5.41, 5.74) is 3.67. The molecule has 0 bridgehead atoms. The Kier molecular flexibility index (Phi) is 8.63. The lowest BCUT2D eigenvalue weighted by Gasteiger charge is -2.14. The van der Waals surface area contributed by atoms with Crippen LogP contribution in [0.1, 0.15) is 53.2 Å². The normalized spacial score (nSPS) is 12.0. The smallest absolute Gasteiger partial charge is 0.343 e. The monoisotopic (exact) mass is 496 g/mol. The Morgan fingerprint density at radius 2 is 1.51 bits per heavy atom. The maximum absolute atomic E-state index is 14.9. The van der Waals surface area contributed by atoms with Crippen molar-refractivity contribution in [2.24, 2.45) is 0 Å². The molecule has 4 aromatic carbocycles. The highest BCUT2D eigenvalue weighted by molar-refractivity contribution is 5.91. The number of esters is 1. The summed E-state index contributed by atoms with van der Waals surface area (Å²) < 4.78 is 35.3. The summed E-state index contributed by atoms with van der Waals surface area (Å²) in [5.74, 6) is -1.19. The zero-order chi connectivity index (χ0) is 26.2. The van der Waals surface area contributed by atoms with Crippen LogP contribution in [0.15, 0.2) is 103 Å². The molecule has 0 saturated heterocycles. The molecule has 0 aliphatic carbocycles. The Labute approximate surface area is 217 Å². The third-order valence-electron chi connectivity index (χ3n) is 6.44. The molecule has 0 saturated carbocycles. The van der Waals surface area contributed by atoms with Crippen molar-refractivity contribution >= 4 is 5.97 Å². The Morgan fingerprint density at radius 1 is 0.865 bits per heavy atom. The van der Waals surface area contributed by atoms with Crippen molar-refractivity contribution in [1.29, 1.82) is 0 Å². The van der Waals surface area contributed by atoms with Gasteiger partial charge in [0.1, 0.15) is 17.4 Å². The van der Waals surface area contributed by atoms with Crippen LogP contribution in [0, 0.1) is 11.6 Å². The maximum Gasteiger partial charge on any atom is 0.343 e. The first-order valence-electron chi connectivity index (χ1n) is 12.5. The van der Waals surface area contributed by atoms with Crippen molar-refractivity contribution in [2.75, 3.05) is 0 Å². The standard InChI is InChI=1S/C33H30F2O2/c1-3-4-6-9-24-12-18-29(19-13-24)37-33(36)27-16-14-26(15-17-27)28-21-31(34)30(32(35)22-28)20-23(2)25-10-7-5-8-11-25/h3-5,7-8,10-19,21-23H,6,9,20H2,1-2H3/t23-/m0/s1. The van der Waals surface area contributed by atoms with Gasteiger partial charge in [0, 0.05) is 5.56 Å². The number of hydrogen-bond donors (Lipinski definition) is 0. The van der Waals surface area contributed by atoms with E-state index in [9.17, 15) is 13.6 Å². The minimum absolute atomic E-state index is 0.0178. The molecule has 0 amide bonds.